The minimum atomic E-state index is -0.0865. The monoisotopic (exact) mass is 326 g/mol. The summed E-state index contributed by atoms with van der Waals surface area (Å²) in [5.41, 5.74) is 4.01. The lowest BCUT2D eigenvalue weighted by Gasteiger charge is -2.14. The van der Waals surface area contributed by atoms with Gasteiger partial charge in [0.15, 0.2) is 0 Å². The molecule has 1 atom stereocenters. The molecule has 0 radical (unpaired) electrons. The molecule has 4 nitrogen and oxygen atoms in total. The number of hydrogen-bond donors (Lipinski definition) is 2. The van der Waals surface area contributed by atoms with Gasteiger partial charge in [-0.15, -0.1) is 0 Å². The zero-order valence-corrected chi connectivity index (χ0v) is 14.8. The summed E-state index contributed by atoms with van der Waals surface area (Å²) in [5, 5.41) is 6.08. The van der Waals surface area contributed by atoms with E-state index in [-0.39, 0.29) is 18.6 Å². The summed E-state index contributed by atoms with van der Waals surface area (Å²) < 4.78 is 5.78. The molecule has 0 fully saturated rings. The molecule has 0 aromatic heterocycles. The fourth-order valence-corrected chi connectivity index (χ4v) is 2.27. The number of benzene rings is 2. The Kier molecular flexibility index (Phi) is 6.24. The molecule has 2 rings (SSSR count). The van der Waals surface area contributed by atoms with Gasteiger partial charge >= 0.3 is 0 Å². The number of carbonyl (C=O) groups is 1. The first-order valence-electron chi connectivity index (χ1n) is 8.35. The Morgan fingerprint density at radius 3 is 2.71 bits per heavy atom. The fraction of sp³-hybridized carbons (Fsp3) is 0.350. The first-order valence-corrected chi connectivity index (χ1v) is 8.35. The third-order valence-corrected chi connectivity index (χ3v) is 3.86. The Bertz CT molecular complexity index is 698. The summed E-state index contributed by atoms with van der Waals surface area (Å²) in [6.45, 7) is 8.39. The molecular weight excluding hydrogens is 300 g/mol. The fourth-order valence-electron chi connectivity index (χ4n) is 2.27. The number of hydrogen-bond acceptors (Lipinski definition) is 3. The SMILES string of the molecule is CCC(C)Oc1cccc(NC(=O)CNc2cc(C)ccc2C)c1. The Hall–Kier alpha value is -2.49. The van der Waals surface area contributed by atoms with Gasteiger partial charge in [0.05, 0.1) is 12.6 Å². The first kappa shape index (κ1) is 17.9. The van der Waals surface area contributed by atoms with Gasteiger partial charge in [0, 0.05) is 17.4 Å². The molecule has 1 unspecified atom stereocenters. The number of aryl methyl sites for hydroxylation is 2. The Morgan fingerprint density at radius 1 is 1.17 bits per heavy atom. The topological polar surface area (TPSA) is 50.4 Å². The van der Waals surface area contributed by atoms with Crippen LogP contribution < -0.4 is 15.4 Å². The molecule has 0 aliphatic rings. The van der Waals surface area contributed by atoms with Gasteiger partial charge in [-0.25, -0.2) is 0 Å². The standard InChI is InChI=1S/C20H26N2O2/c1-5-16(4)24-18-8-6-7-17(12-18)22-20(23)13-21-19-11-14(2)9-10-15(19)3/h6-12,16,21H,5,13H2,1-4H3,(H,22,23). The molecule has 0 saturated heterocycles. The summed E-state index contributed by atoms with van der Waals surface area (Å²) in [7, 11) is 0. The van der Waals surface area contributed by atoms with Crippen LogP contribution in [0.3, 0.4) is 0 Å². The average molecular weight is 326 g/mol. The molecule has 2 aromatic carbocycles. The van der Waals surface area contributed by atoms with Gasteiger partial charge in [-0.1, -0.05) is 25.1 Å². The molecule has 0 spiro atoms. The van der Waals surface area contributed by atoms with Crippen molar-refractivity contribution in [3.05, 3.63) is 53.6 Å². The molecule has 24 heavy (non-hydrogen) atoms. The van der Waals surface area contributed by atoms with Crippen molar-refractivity contribution in [2.75, 3.05) is 17.2 Å². The minimum absolute atomic E-state index is 0.0865. The van der Waals surface area contributed by atoms with Gasteiger partial charge in [-0.2, -0.15) is 0 Å². The van der Waals surface area contributed by atoms with Gasteiger partial charge in [0.25, 0.3) is 0 Å². The summed E-state index contributed by atoms with van der Waals surface area (Å²) in [6.07, 6.45) is 1.10. The highest BCUT2D eigenvalue weighted by atomic mass is 16.5. The highest BCUT2D eigenvalue weighted by Gasteiger charge is 2.06. The highest BCUT2D eigenvalue weighted by Crippen LogP contribution is 2.19. The zero-order valence-electron chi connectivity index (χ0n) is 14.8. The van der Waals surface area contributed by atoms with Crippen molar-refractivity contribution in [2.24, 2.45) is 0 Å². The van der Waals surface area contributed by atoms with E-state index >= 15 is 0 Å². The van der Waals surface area contributed by atoms with E-state index in [9.17, 15) is 4.79 Å². The van der Waals surface area contributed by atoms with Crippen molar-refractivity contribution in [3.8, 4) is 5.75 Å². The lowest BCUT2D eigenvalue weighted by molar-refractivity contribution is -0.114. The average Bonchev–Trinajstić information content (AvgIpc) is 2.56. The summed E-state index contributed by atoms with van der Waals surface area (Å²) in [4.78, 5) is 12.2. The van der Waals surface area contributed by atoms with E-state index in [0.29, 0.717) is 0 Å². The van der Waals surface area contributed by atoms with Gasteiger partial charge in [0.1, 0.15) is 5.75 Å². The maximum absolute atomic E-state index is 12.2. The van der Waals surface area contributed by atoms with Crippen molar-refractivity contribution in [2.45, 2.75) is 40.2 Å². The van der Waals surface area contributed by atoms with Gasteiger partial charge in [-0.3, -0.25) is 4.79 Å². The van der Waals surface area contributed by atoms with Crippen molar-refractivity contribution >= 4 is 17.3 Å². The molecule has 0 bridgehead atoms. The van der Waals surface area contributed by atoms with Crippen molar-refractivity contribution in [3.63, 3.8) is 0 Å². The zero-order chi connectivity index (χ0) is 17.5. The third-order valence-electron chi connectivity index (χ3n) is 3.86. The molecule has 128 valence electrons. The van der Waals surface area contributed by atoms with E-state index < -0.39 is 0 Å². The van der Waals surface area contributed by atoms with Crippen molar-refractivity contribution in [1.82, 2.24) is 0 Å². The Morgan fingerprint density at radius 2 is 1.96 bits per heavy atom. The smallest absolute Gasteiger partial charge is 0.243 e. The minimum Gasteiger partial charge on any atom is -0.491 e. The predicted octanol–water partition coefficient (Wildman–Crippen LogP) is 4.53. The number of rotatable bonds is 7. The van der Waals surface area contributed by atoms with Crippen LogP contribution in [-0.4, -0.2) is 18.6 Å². The lowest BCUT2D eigenvalue weighted by atomic mass is 10.1. The summed E-state index contributed by atoms with van der Waals surface area (Å²) >= 11 is 0. The van der Waals surface area contributed by atoms with Crippen LogP contribution in [0.2, 0.25) is 0 Å². The molecule has 0 saturated carbocycles. The van der Waals surface area contributed by atoms with Crippen LogP contribution in [0.5, 0.6) is 5.75 Å². The highest BCUT2D eigenvalue weighted by molar-refractivity contribution is 5.94. The third kappa shape index (κ3) is 5.30. The summed E-state index contributed by atoms with van der Waals surface area (Å²) in [6, 6.07) is 13.6. The molecule has 2 N–H and O–H groups in total. The van der Waals surface area contributed by atoms with Crippen LogP contribution in [0, 0.1) is 13.8 Å². The van der Waals surface area contributed by atoms with Crippen LogP contribution in [0.25, 0.3) is 0 Å². The van der Waals surface area contributed by atoms with E-state index in [1.165, 1.54) is 5.56 Å². The van der Waals surface area contributed by atoms with Crippen LogP contribution in [-0.2, 0) is 4.79 Å². The molecule has 0 aliphatic carbocycles. The quantitative estimate of drug-likeness (QED) is 0.786. The maximum Gasteiger partial charge on any atom is 0.243 e. The first-order chi connectivity index (χ1) is 11.5. The van der Waals surface area contributed by atoms with E-state index in [4.69, 9.17) is 4.74 Å². The second-order valence-electron chi connectivity index (χ2n) is 6.08. The van der Waals surface area contributed by atoms with E-state index in [2.05, 4.69) is 23.6 Å². The van der Waals surface area contributed by atoms with Gasteiger partial charge in [0.2, 0.25) is 5.91 Å². The van der Waals surface area contributed by atoms with Crippen LogP contribution in [0.15, 0.2) is 42.5 Å². The Labute approximate surface area is 144 Å². The Balaban J connectivity index is 1.92. The van der Waals surface area contributed by atoms with Crippen molar-refractivity contribution < 1.29 is 9.53 Å². The maximum atomic E-state index is 12.2. The van der Waals surface area contributed by atoms with Crippen molar-refractivity contribution in [1.29, 1.82) is 0 Å². The molecule has 1 amide bonds. The van der Waals surface area contributed by atoms with Gasteiger partial charge in [-0.05, 0) is 56.5 Å². The molecule has 2 aromatic rings. The second kappa shape index (κ2) is 8.39. The van der Waals surface area contributed by atoms with E-state index in [0.717, 1.165) is 29.1 Å². The number of anilines is 2. The summed E-state index contributed by atoms with van der Waals surface area (Å²) in [5.74, 6) is 0.682. The molecular formula is C20H26N2O2. The molecule has 4 heteroatoms. The van der Waals surface area contributed by atoms with E-state index in [1.807, 2.05) is 57.2 Å². The molecule has 0 heterocycles. The largest absolute Gasteiger partial charge is 0.491 e. The number of amides is 1. The van der Waals surface area contributed by atoms with Crippen LogP contribution in [0.1, 0.15) is 31.4 Å². The lowest BCUT2D eigenvalue weighted by Crippen LogP contribution is -2.22. The molecule has 0 aliphatic heterocycles. The van der Waals surface area contributed by atoms with E-state index in [1.54, 1.807) is 0 Å². The number of ether oxygens (including phenoxy) is 1. The van der Waals surface area contributed by atoms with Gasteiger partial charge < -0.3 is 15.4 Å². The second-order valence-corrected chi connectivity index (χ2v) is 6.08. The number of nitrogens with one attached hydrogen (secondary N) is 2. The predicted molar refractivity (Wildman–Crippen MR) is 99.9 cm³/mol. The normalized spacial score (nSPS) is 11.7. The van der Waals surface area contributed by atoms with Crippen LogP contribution >= 0.6 is 0 Å². The number of carbonyl (C=O) groups excluding carboxylic acids is 1. The van der Waals surface area contributed by atoms with Crippen LogP contribution in [0.4, 0.5) is 11.4 Å².